The lowest BCUT2D eigenvalue weighted by Crippen LogP contribution is -2.07. The van der Waals surface area contributed by atoms with E-state index in [9.17, 15) is 0 Å². The molecule has 0 aromatic rings. The van der Waals surface area contributed by atoms with E-state index >= 15 is 0 Å². The zero-order valence-corrected chi connectivity index (χ0v) is 9.88. The van der Waals surface area contributed by atoms with E-state index in [1.807, 2.05) is 7.05 Å². The van der Waals surface area contributed by atoms with Crippen molar-refractivity contribution < 1.29 is 0 Å². The van der Waals surface area contributed by atoms with Crippen molar-refractivity contribution in [1.82, 2.24) is 15.2 Å². The van der Waals surface area contributed by atoms with Gasteiger partial charge in [-0.05, 0) is 38.9 Å². The molecule has 0 spiro atoms. The van der Waals surface area contributed by atoms with Gasteiger partial charge in [0.15, 0.2) is 5.84 Å². The molecule has 15 heavy (non-hydrogen) atoms. The number of nitrogens with zero attached hydrogens (tertiary/aromatic N) is 3. The number of likely N-dealkylation sites (N-methyl/N-ethyl adjacent to an activating group) is 1. The summed E-state index contributed by atoms with van der Waals surface area (Å²) < 4.78 is 0. The van der Waals surface area contributed by atoms with Gasteiger partial charge < -0.3 is 10.2 Å². The van der Waals surface area contributed by atoms with Crippen LogP contribution in [0.4, 0.5) is 0 Å². The first-order valence-electron chi connectivity index (χ1n) is 5.66. The standard InChI is InChI=1S/C11H20N4/c1-9(5-4-6-12-2)10-11(14(10)3)13-15-7-8-15/h12H,4-8H2,1-3H3/b10-9?,13-11+. The van der Waals surface area contributed by atoms with Crippen LogP contribution in [0.3, 0.4) is 0 Å². The summed E-state index contributed by atoms with van der Waals surface area (Å²) in [4.78, 5) is 2.19. The number of hydrogen-bond donors (Lipinski definition) is 1. The molecule has 4 nitrogen and oxygen atoms in total. The zero-order chi connectivity index (χ0) is 10.8. The van der Waals surface area contributed by atoms with E-state index in [-0.39, 0.29) is 0 Å². The van der Waals surface area contributed by atoms with Crippen LogP contribution in [0.25, 0.3) is 0 Å². The highest BCUT2D eigenvalue weighted by atomic mass is 15.6. The average Bonchev–Trinajstić information content (AvgIpc) is 3.09. The molecule has 0 atom stereocenters. The molecule has 0 aromatic heterocycles. The van der Waals surface area contributed by atoms with Crippen LogP contribution in [0.15, 0.2) is 16.4 Å². The minimum absolute atomic E-state index is 1.09. The second kappa shape index (κ2) is 4.23. The summed E-state index contributed by atoms with van der Waals surface area (Å²) in [5.74, 6) is 1.18. The van der Waals surface area contributed by atoms with E-state index in [1.54, 1.807) is 0 Å². The van der Waals surface area contributed by atoms with Gasteiger partial charge in [0, 0.05) is 7.05 Å². The highest BCUT2D eigenvalue weighted by Crippen LogP contribution is 2.30. The van der Waals surface area contributed by atoms with Crippen molar-refractivity contribution >= 4 is 5.84 Å². The molecule has 0 unspecified atom stereocenters. The van der Waals surface area contributed by atoms with Crippen LogP contribution >= 0.6 is 0 Å². The Kier molecular flexibility index (Phi) is 2.95. The topological polar surface area (TPSA) is 30.4 Å². The van der Waals surface area contributed by atoms with Crippen LogP contribution in [0.2, 0.25) is 0 Å². The Morgan fingerprint density at radius 1 is 1.47 bits per heavy atom. The van der Waals surface area contributed by atoms with Crippen molar-refractivity contribution in [2.75, 3.05) is 33.7 Å². The summed E-state index contributed by atoms with van der Waals surface area (Å²) in [5, 5.41) is 9.78. The van der Waals surface area contributed by atoms with E-state index < -0.39 is 0 Å². The van der Waals surface area contributed by atoms with Crippen molar-refractivity contribution in [2.45, 2.75) is 19.8 Å². The van der Waals surface area contributed by atoms with Crippen molar-refractivity contribution in [3.8, 4) is 0 Å². The van der Waals surface area contributed by atoms with Crippen LogP contribution in [-0.4, -0.2) is 49.5 Å². The van der Waals surface area contributed by atoms with Crippen molar-refractivity contribution in [3.63, 3.8) is 0 Å². The molecule has 84 valence electrons. The third kappa shape index (κ3) is 2.50. The van der Waals surface area contributed by atoms with Gasteiger partial charge in [-0.1, -0.05) is 0 Å². The largest absolute Gasteiger partial charge is 0.323 e. The lowest BCUT2D eigenvalue weighted by atomic mass is 10.1. The molecular formula is C11H20N4. The minimum atomic E-state index is 1.09. The zero-order valence-electron chi connectivity index (χ0n) is 9.88. The van der Waals surface area contributed by atoms with Crippen molar-refractivity contribution in [2.24, 2.45) is 5.10 Å². The third-order valence-electron chi connectivity index (χ3n) is 2.86. The predicted octanol–water partition coefficient (Wildman–Crippen LogP) is 0.835. The summed E-state index contributed by atoms with van der Waals surface area (Å²) >= 11 is 0. The Bertz CT molecular complexity index is 302. The maximum Gasteiger partial charge on any atom is 0.176 e. The van der Waals surface area contributed by atoms with Gasteiger partial charge >= 0.3 is 0 Å². The number of allylic oxidation sites excluding steroid dienone is 1. The smallest absolute Gasteiger partial charge is 0.176 e. The number of hydrazone groups is 1. The molecule has 2 saturated heterocycles. The summed E-state index contributed by atoms with van der Waals surface area (Å²) in [7, 11) is 4.10. The molecule has 0 amide bonds. The van der Waals surface area contributed by atoms with Gasteiger partial charge in [-0.25, -0.2) is 0 Å². The molecule has 0 saturated carbocycles. The van der Waals surface area contributed by atoms with E-state index in [2.05, 4.69) is 34.3 Å². The first-order chi connectivity index (χ1) is 7.24. The fraction of sp³-hybridized carbons (Fsp3) is 0.727. The first-order valence-corrected chi connectivity index (χ1v) is 5.66. The second-order valence-electron chi connectivity index (χ2n) is 4.27. The molecular weight excluding hydrogens is 188 g/mol. The summed E-state index contributed by atoms with van der Waals surface area (Å²) in [6.07, 6.45) is 2.37. The van der Waals surface area contributed by atoms with Gasteiger partial charge in [-0.2, -0.15) is 5.10 Å². The van der Waals surface area contributed by atoms with Gasteiger partial charge in [-0.15, -0.1) is 0 Å². The van der Waals surface area contributed by atoms with Gasteiger partial charge in [0.25, 0.3) is 0 Å². The van der Waals surface area contributed by atoms with Crippen LogP contribution in [0.1, 0.15) is 19.8 Å². The summed E-state index contributed by atoms with van der Waals surface area (Å²) in [6.45, 7) is 5.56. The maximum absolute atomic E-state index is 4.51. The van der Waals surface area contributed by atoms with E-state index in [0.29, 0.717) is 0 Å². The van der Waals surface area contributed by atoms with E-state index in [4.69, 9.17) is 0 Å². The summed E-state index contributed by atoms with van der Waals surface area (Å²) in [6, 6.07) is 0. The van der Waals surface area contributed by atoms with Crippen molar-refractivity contribution in [1.29, 1.82) is 0 Å². The van der Waals surface area contributed by atoms with Crippen LogP contribution in [-0.2, 0) is 0 Å². The fourth-order valence-corrected chi connectivity index (χ4v) is 1.75. The molecule has 1 N–H and O–H groups in total. The van der Waals surface area contributed by atoms with Crippen LogP contribution < -0.4 is 5.32 Å². The highest BCUT2D eigenvalue weighted by molar-refractivity contribution is 6.14. The Morgan fingerprint density at radius 3 is 2.80 bits per heavy atom. The normalized spacial score (nSPS) is 24.9. The molecule has 2 heterocycles. The quantitative estimate of drug-likeness (QED) is 0.536. The fourth-order valence-electron chi connectivity index (χ4n) is 1.75. The van der Waals surface area contributed by atoms with Crippen LogP contribution in [0.5, 0.6) is 0 Å². The van der Waals surface area contributed by atoms with Gasteiger partial charge in [-0.3, -0.25) is 5.01 Å². The van der Waals surface area contributed by atoms with E-state index in [1.165, 1.54) is 29.9 Å². The van der Waals surface area contributed by atoms with Gasteiger partial charge in [0.2, 0.25) is 0 Å². The summed E-state index contributed by atoms with van der Waals surface area (Å²) in [5.41, 5.74) is 2.83. The van der Waals surface area contributed by atoms with Gasteiger partial charge in [0.1, 0.15) is 0 Å². The molecule has 0 radical (unpaired) electrons. The van der Waals surface area contributed by atoms with Crippen molar-refractivity contribution in [3.05, 3.63) is 11.3 Å². The Labute approximate surface area is 91.6 Å². The first kappa shape index (κ1) is 10.5. The van der Waals surface area contributed by atoms with E-state index in [0.717, 1.165) is 19.6 Å². The van der Waals surface area contributed by atoms with Crippen LogP contribution in [0, 0.1) is 0 Å². The lowest BCUT2D eigenvalue weighted by molar-refractivity contribution is 0.603. The van der Waals surface area contributed by atoms with Gasteiger partial charge in [0.05, 0.1) is 18.8 Å². The Morgan fingerprint density at radius 2 is 2.20 bits per heavy atom. The number of rotatable bonds is 5. The molecule has 0 aliphatic carbocycles. The Hall–Kier alpha value is -1.03. The third-order valence-corrected chi connectivity index (χ3v) is 2.86. The average molecular weight is 208 g/mol. The molecule has 2 aliphatic rings. The molecule has 2 rings (SSSR count). The molecule has 2 aliphatic heterocycles. The molecule has 0 aromatic carbocycles. The molecule has 4 heteroatoms. The minimum Gasteiger partial charge on any atom is -0.323 e. The monoisotopic (exact) mass is 208 g/mol. The molecule has 2 fully saturated rings. The number of hydrogen-bond acceptors (Lipinski definition) is 3. The second-order valence-corrected chi connectivity index (χ2v) is 4.27. The number of nitrogens with one attached hydrogen (secondary N) is 1. The Balaban J connectivity index is 1.89. The SMILES string of the molecule is CNCCCC(C)=C1/C(=N\N2CC2)N1C. The maximum atomic E-state index is 4.51. The highest BCUT2D eigenvalue weighted by Gasteiger charge is 2.36. The predicted molar refractivity (Wildman–Crippen MR) is 62.6 cm³/mol. The lowest BCUT2D eigenvalue weighted by Gasteiger charge is -1.98. The number of amidine groups is 1. The molecule has 0 bridgehead atoms.